The lowest BCUT2D eigenvalue weighted by molar-refractivity contribution is -0.127. The maximum Gasteiger partial charge on any atom is 0.236 e. The molecule has 1 rings (SSSR count). The monoisotopic (exact) mass is 210 g/mol. The van der Waals surface area contributed by atoms with Crippen molar-refractivity contribution in [3.8, 4) is 0 Å². The summed E-state index contributed by atoms with van der Waals surface area (Å²) < 4.78 is 5.38. The zero-order valence-electron chi connectivity index (χ0n) is 9.76. The van der Waals surface area contributed by atoms with Gasteiger partial charge in [0, 0.05) is 26.2 Å². The van der Waals surface area contributed by atoms with Crippen LogP contribution in [0.3, 0.4) is 0 Å². The Balaban J connectivity index is 2.38. The Morgan fingerprint density at radius 3 is 2.60 bits per heavy atom. The van der Waals surface area contributed by atoms with E-state index in [0.717, 1.165) is 17.1 Å². The zero-order chi connectivity index (χ0) is 11.4. The number of hydrogen-bond acceptors (Lipinski definition) is 3. The summed E-state index contributed by atoms with van der Waals surface area (Å²) in [5.74, 6) is 1.90. The van der Waals surface area contributed by atoms with Crippen LogP contribution in [0.15, 0.2) is 10.5 Å². The van der Waals surface area contributed by atoms with Gasteiger partial charge >= 0.3 is 0 Å². The van der Waals surface area contributed by atoms with Gasteiger partial charge in [0.15, 0.2) is 0 Å². The van der Waals surface area contributed by atoms with E-state index in [2.05, 4.69) is 5.32 Å². The summed E-state index contributed by atoms with van der Waals surface area (Å²) in [5, 5.41) is 3.09. The number of nitrogens with zero attached hydrogens (tertiary/aromatic N) is 1. The van der Waals surface area contributed by atoms with Gasteiger partial charge in [0.2, 0.25) is 5.91 Å². The first-order valence-corrected chi connectivity index (χ1v) is 4.97. The first-order valence-electron chi connectivity index (χ1n) is 4.97. The van der Waals surface area contributed by atoms with Crippen LogP contribution in [0.5, 0.6) is 0 Å². The second-order valence-corrected chi connectivity index (χ2v) is 3.83. The Morgan fingerprint density at radius 1 is 1.47 bits per heavy atom. The van der Waals surface area contributed by atoms with Gasteiger partial charge in [-0.2, -0.15) is 0 Å². The van der Waals surface area contributed by atoms with E-state index in [1.807, 2.05) is 19.9 Å². The lowest BCUT2D eigenvalue weighted by Gasteiger charge is -2.10. The summed E-state index contributed by atoms with van der Waals surface area (Å²) in [6.45, 7) is 4.87. The molecule has 4 nitrogen and oxygen atoms in total. The van der Waals surface area contributed by atoms with E-state index in [1.165, 1.54) is 0 Å². The van der Waals surface area contributed by atoms with Crippen LogP contribution in [-0.4, -0.2) is 31.4 Å². The molecule has 0 bridgehead atoms. The predicted octanol–water partition coefficient (Wildman–Crippen LogP) is 1.07. The van der Waals surface area contributed by atoms with Crippen molar-refractivity contribution in [3.05, 3.63) is 23.2 Å². The van der Waals surface area contributed by atoms with E-state index in [1.54, 1.807) is 19.0 Å². The highest BCUT2D eigenvalue weighted by molar-refractivity contribution is 5.77. The van der Waals surface area contributed by atoms with E-state index in [4.69, 9.17) is 4.42 Å². The average Bonchev–Trinajstić information content (AvgIpc) is 2.45. The van der Waals surface area contributed by atoms with Gasteiger partial charge in [-0.1, -0.05) is 0 Å². The third-order valence-electron chi connectivity index (χ3n) is 2.23. The first-order chi connectivity index (χ1) is 7.00. The first kappa shape index (κ1) is 11.8. The largest absolute Gasteiger partial charge is 0.466 e. The standard InChI is InChI=1S/C11H18N2O2/c1-8-5-10(9(2)15-8)6-12-7-11(14)13(3)4/h5,12H,6-7H2,1-4H3. The van der Waals surface area contributed by atoms with E-state index in [9.17, 15) is 4.79 Å². The number of carbonyl (C=O) groups excluding carboxylic acids is 1. The van der Waals surface area contributed by atoms with Crippen LogP contribution in [0.2, 0.25) is 0 Å². The molecule has 1 heterocycles. The lowest BCUT2D eigenvalue weighted by atomic mass is 10.2. The Labute approximate surface area is 90.3 Å². The maximum atomic E-state index is 11.3. The molecule has 0 aliphatic heterocycles. The summed E-state index contributed by atoms with van der Waals surface area (Å²) in [6.07, 6.45) is 0. The van der Waals surface area contributed by atoms with Crippen molar-refractivity contribution >= 4 is 5.91 Å². The van der Waals surface area contributed by atoms with Gasteiger partial charge in [-0.25, -0.2) is 0 Å². The molecule has 15 heavy (non-hydrogen) atoms. The summed E-state index contributed by atoms with van der Waals surface area (Å²) in [5.41, 5.74) is 1.11. The highest BCUT2D eigenvalue weighted by Gasteiger charge is 2.06. The van der Waals surface area contributed by atoms with Crippen molar-refractivity contribution < 1.29 is 9.21 Å². The number of furan rings is 1. The van der Waals surface area contributed by atoms with Crippen LogP contribution < -0.4 is 5.32 Å². The molecule has 1 aromatic rings. The molecule has 0 saturated heterocycles. The van der Waals surface area contributed by atoms with E-state index < -0.39 is 0 Å². The van der Waals surface area contributed by atoms with Crippen molar-refractivity contribution in [1.29, 1.82) is 0 Å². The minimum atomic E-state index is 0.0767. The van der Waals surface area contributed by atoms with Gasteiger partial charge in [-0.05, 0) is 19.9 Å². The van der Waals surface area contributed by atoms with Gasteiger partial charge in [-0.3, -0.25) is 4.79 Å². The molecule has 84 valence electrons. The highest BCUT2D eigenvalue weighted by Crippen LogP contribution is 2.12. The molecule has 0 aliphatic rings. The van der Waals surface area contributed by atoms with Crippen molar-refractivity contribution in [2.45, 2.75) is 20.4 Å². The normalized spacial score (nSPS) is 10.4. The number of aryl methyl sites for hydroxylation is 2. The fourth-order valence-electron chi connectivity index (χ4n) is 1.32. The van der Waals surface area contributed by atoms with Crippen molar-refractivity contribution in [1.82, 2.24) is 10.2 Å². The molecule has 0 radical (unpaired) electrons. The predicted molar refractivity (Wildman–Crippen MR) is 58.6 cm³/mol. The van der Waals surface area contributed by atoms with Crippen molar-refractivity contribution in [2.75, 3.05) is 20.6 Å². The second-order valence-electron chi connectivity index (χ2n) is 3.83. The molecule has 0 unspecified atom stereocenters. The van der Waals surface area contributed by atoms with Crippen LogP contribution in [-0.2, 0) is 11.3 Å². The van der Waals surface area contributed by atoms with Crippen LogP contribution >= 0.6 is 0 Å². The fraction of sp³-hybridized carbons (Fsp3) is 0.545. The topological polar surface area (TPSA) is 45.5 Å². The summed E-state index contributed by atoms with van der Waals surface area (Å²) >= 11 is 0. The van der Waals surface area contributed by atoms with E-state index >= 15 is 0 Å². The Morgan fingerprint density at radius 2 is 2.13 bits per heavy atom. The minimum Gasteiger partial charge on any atom is -0.466 e. The molecule has 0 atom stereocenters. The number of amides is 1. The quantitative estimate of drug-likeness (QED) is 0.808. The van der Waals surface area contributed by atoms with Crippen LogP contribution in [0.4, 0.5) is 0 Å². The molecule has 0 aliphatic carbocycles. The molecule has 0 fully saturated rings. The summed E-state index contributed by atoms with van der Waals surface area (Å²) in [6, 6.07) is 1.99. The van der Waals surface area contributed by atoms with Crippen LogP contribution in [0.25, 0.3) is 0 Å². The van der Waals surface area contributed by atoms with E-state index in [0.29, 0.717) is 13.1 Å². The molecular weight excluding hydrogens is 192 g/mol. The second kappa shape index (κ2) is 4.98. The zero-order valence-corrected chi connectivity index (χ0v) is 9.76. The van der Waals surface area contributed by atoms with Gasteiger partial charge in [0.1, 0.15) is 11.5 Å². The Bertz CT molecular complexity index is 342. The summed E-state index contributed by atoms with van der Waals surface area (Å²) in [7, 11) is 3.49. The molecule has 0 saturated carbocycles. The number of nitrogens with one attached hydrogen (secondary N) is 1. The van der Waals surface area contributed by atoms with Crippen LogP contribution in [0.1, 0.15) is 17.1 Å². The minimum absolute atomic E-state index is 0.0767. The lowest BCUT2D eigenvalue weighted by Crippen LogP contribution is -2.32. The molecule has 0 aromatic carbocycles. The molecular formula is C11H18N2O2. The van der Waals surface area contributed by atoms with Gasteiger partial charge in [0.25, 0.3) is 0 Å². The fourth-order valence-corrected chi connectivity index (χ4v) is 1.32. The summed E-state index contributed by atoms with van der Waals surface area (Å²) in [4.78, 5) is 12.8. The smallest absolute Gasteiger partial charge is 0.236 e. The van der Waals surface area contributed by atoms with Gasteiger partial charge in [0.05, 0.1) is 6.54 Å². The molecule has 1 aromatic heterocycles. The molecule has 4 heteroatoms. The molecule has 1 N–H and O–H groups in total. The van der Waals surface area contributed by atoms with Gasteiger partial charge in [-0.15, -0.1) is 0 Å². The van der Waals surface area contributed by atoms with Crippen molar-refractivity contribution in [3.63, 3.8) is 0 Å². The maximum absolute atomic E-state index is 11.3. The van der Waals surface area contributed by atoms with Gasteiger partial charge < -0.3 is 14.6 Å². The number of likely N-dealkylation sites (N-methyl/N-ethyl adjacent to an activating group) is 1. The number of carbonyl (C=O) groups is 1. The molecule has 0 spiro atoms. The SMILES string of the molecule is Cc1cc(CNCC(=O)N(C)C)c(C)o1. The third kappa shape index (κ3) is 3.40. The average molecular weight is 210 g/mol. The Hall–Kier alpha value is -1.29. The Kier molecular flexibility index (Phi) is 3.91. The highest BCUT2D eigenvalue weighted by atomic mass is 16.3. The molecule has 1 amide bonds. The number of rotatable bonds is 4. The van der Waals surface area contributed by atoms with Crippen LogP contribution in [0, 0.1) is 13.8 Å². The van der Waals surface area contributed by atoms with E-state index in [-0.39, 0.29) is 5.91 Å². The van der Waals surface area contributed by atoms with Crippen molar-refractivity contribution in [2.24, 2.45) is 0 Å². The number of hydrogen-bond donors (Lipinski definition) is 1. The third-order valence-corrected chi connectivity index (χ3v) is 2.23.